The van der Waals surface area contributed by atoms with Crippen LogP contribution in [0.2, 0.25) is 0 Å². The van der Waals surface area contributed by atoms with Gasteiger partial charge in [0.25, 0.3) is 0 Å². The molecule has 1 saturated heterocycles. The van der Waals surface area contributed by atoms with Gasteiger partial charge in [0, 0.05) is 23.9 Å². The zero-order valence-corrected chi connectivity index (χ0v) is 10.1. The fourth-order valence-corrected chi connectivity index (χ4v) is 2.12. The minimum Gasteiger partial charge on any atom is -0.456 e. The zero-order valence-electron chi connectivity index (χ0n) is 10.1. The second-order valence-electron chi connectivity index (χ2n) is 4.30. The lowest BCUT2D eigenvalue weighted by molar-refractivity contribution is 0.669. The van der Waals surface area contributed by atoms with Gasteiger partial charge in [0.1, 0.15) is 11.2 Å². The van der Waals surface area contributed by atoms with Gasteiger partial charge in [0.2, 0.25) is 0 Å². The number of hydrazine groups is 1. The summed E-state index contributed by atoms with van der Waals surface area (Å²) in [5.41, 5.74) is 7.87. The second-order valence-corrected chi connectivity index (χ2v) is 4.30. The molecular formula is C15H16N2O. The van der Waals surface area contributed by atoms with Crippen LogP contribution in [0.15, 0.2) is 52.9 Å². The number of hydrogen-bond donors (Lipinski definition) is 2. The molecule has 3 nitrogen and oxygen atoms in total. The van der Waals surface area contributed by atoms with Gasteiger partial charge in [0.15, 0.2) is 0 Å². The maximum Gasteiger partial charge on any atom is 0.135 e. The van der Waals surface area contributed by atoms with Gasteiger partial charge < -0.3 is 4.42 Å². The summed E-state index contributed by atoms with van der Waals surface area (Å²) in [6.07, 6.45) is 1.28. The van der Waals surface area contributed by atoms with E-state index in [2.05, 4.69) is 23.0 Å². The Morgan fingerprint density at radius 3 is 1.67 bits per heavy atom. The predicted molar refractivity (Wildman–Crippen MR) is 74.3 cm³/mol. The van der Waals surface area contributed by atoms with Crippen molar-refractivity contribution >= 4 is 21.9 Å². The first kappa shape index (κ1) is 11.3. The largest absolute Gasteiger partial charge is 0.456 e. The third kappa shape index (κ3) is 2.23. The van der Waals surface area contributed by atoms with Crippen LogP contribution >= 0.6 is 0 Å². The molecule has 3 aromatic rings. The Kier molecular flexibility index (Phi) is 3.26. The molecule has 0 bridgehead atoms. The van der Waals surface area contributed by atoms with Crippen LogP contribution in [0.25, 0.3) is 21.9 Å². The van der Waals surface area contributed by atoms with E-state index < -0.39 is 0 Å². The van der Waals surface area contributed by atoms with Gasteiger partial charge in [0.05, 0.1) is 0 Å². The van der Waals surface area contributed by atoms with Crippen LogP contribution in [0.1, 0.15) is 6.42 Å². The van der Waals surface area contributed by atoms with Crippen LogP contribution in [-0.2, 0) is 0 Å². The van der Waals surface area contributed by atoms with Crippen molar-refractivity contribution in [2.75, 3.05) is 13.1 Å². The quantitative estimate of drug-likeness (QED) is 0.634. The summed E-state index contributed by atoms with van der Waals surface area (Å²) in [6.45, 7) is 2.28. The van der Waals surface area contributed by atoms with E-state index in [9.17, 15) is 0 Å². The fraction of sp³-hybridized carbons (Fsp3) is 0.200. The van der Waals surface area contributed by atoms with Gasteiger partial charge in [-0.2, -0.15) is 0 Å². The number of hydrogen-bond acceptors (Lipinski definition) is 3. The van der Waals surface area contributed by atoms with Gasteiger partial charge in [-0.3, -0.25) is 10.9 Å². The summed E-state index contributed by atoms with van der Waals surface area (Å²) < 4.78 is 5.65. The van der Waals surface area contributed by atoms with Gasteiger partial charge in [-0.05, 0) is 18.6 Å². The molecule has 0 amide bonds. The van der Waals surface area contributed by atoms with E-state index in [1.165, 1.54) is 17.2 Å². The average molecular weight is 240 g/mol. The van der Waals surface area contributed by atoms with Gasteiger partial charge in [-0.25, -0.2) is 0 Å². The average Bonchev–Trinajstić information content (AvgIpc) is 3.10. The molecule has 3 heteroatoms. The van der Waals surface area contributed by atoms with Crippen molar-refractivity contribution in [2.45, 2.75) is 6.42 Å². The molecule has 1 aromatic heterocycles. The first-order valence-corrected chi connectivity index (χ1v) is 6.27. The topological polar surface area (TPSA) is 37.2 Å². The van der Waals surface area contributed by atoms with Gasteiger partial charge in [-0.15, -0.1) is 0 Å². The number of rotatable bonds is 0. The van der Waals surface area contributed by atoms with E-state index in [0.29, 0.717) is 0 Å². The number of para-hydroxylation sites is 2. The van der Waals surface area contributed by atoms with Gasteiger partial charge >= 0.3 is 0 Å². The summed E-state index contributed by atoms with van der Waals surface area (Å²) >= 11 is 0. The van der Waals surface area contributed by atoms with Crippen molar-refractivity contribution in [3.05, 3.63) is 48.5 Å². The normalized spacial score (nSPS) is 14.7. The molecule has 0 aliphatic carbocycles. The molecule has 2 N–H and O–H groups in total. The summed E-state index contributed by atoms with van der Waals surface area (Å²) in [6, 6.07) is 16.2. The van der Waals surface area contributed by atoms with E-state index >= 15 is 0 Å². The van der Waals surface area contributed by atoms with Crippen molar-refractivity contribution in [1.29, 1.82) is 0 Å². The van der Waals surface area contributed by atoms with E-state index in [4.69, 9.17) is 4.42 Å². The first-order chi connectivity index (χ1) is 8.95. The van der Waals surface area contributed by atoms with Crippen LogP contribution in [0.4, 0.5) is 0 Å². The molecule has 18 heavy (non-hydrogen) atoms. The van der Waals surface area contributed by atoms with Crippen molar-refractivity contribution in [3.63, 3.8) is 0 Å². The summed E-state index contributed by atoms with van der Waals surface area (Å²) in [7, 11) is 0. The molecule has 4 rings (SSSR count). The highest BCUT2D eigenvalue weighted by molar-refractivity contribution is 6.04. The minimum absolute atomic E-state index is 0.962. The van der Waals surface area contributed by atoms with E-state index in [0.717, 1.165) is 24.3 Å². The molecule has 0 unspecified atom stereocenters. The highest BCUT2D eigenvalue weighted by Gasteiger charge is 2.03. The van der Waals surface area contributed by atoms with E-state index in [1.54, 1.807) is 0 Å². The second kappa shape index (κ2) is 5.21. The monoisotopic (exact) mass is 240 g/mol. The molecule has 1 fully saturated rings. The fourth-order valence-electron chi connectivity index (χ4n) is 2.12. The van der Waals surface area contributed by atoms with E-state index in [-0.39, 0.29) is 0 Å². The Labute approximate surface area is 106 Å². The molecule has 0 saturated carbocycles. The predicted octanol–water partition coefficient (Wildman–Crippen LogP) is 3.07. The lowest BCUT2D eigenvalue weighted by atomic mass is 10.2. The summed E-state index contributed by atoms with van der Waals surface area (Å²) in [4.78, 5) is 0. The van der Waals surface area contributed by atoms with Crippen molar-refractivity contribution in [2.24, 2.45) is 0 Å². The van der Waals surface area contributed by atoms with Crippen molar-refractivity contribution < 1.29 is 4.42 Å². The molecule has 92 valence electrons. The molecule has 0 spiro atoms. The Balaban J connectivity index is 0.000000169. The summed E-state index contributed by atoms with van der Waals surface area (Å²) in [5, 5.41) is 2.39. The number of nitrogens with one attached hydrogen (secondary N) is 2. The maximum atomic E-state index is 5.65. The van der Waals surface area contributed by atoms with Crippen molar-refractivity contribution in [3.8, 4) is 0 Å². The smallest absolute Gasteiger partial charge is 0.135 e. The Bertz CT molecular complexity index is 583. The third-order valence-corrected chi connectivity index (χ3v) is 3.01. The van der Waals surface area contributed by atoms with Crippen LogP contribution in [-0.4, -0.2) is 13.1 Å². The Morgan fingerprint density at radius 1 is 0.722 bits per heavy atom. The number of furan rings is 1. The molecule has 2 aromatic carbocycles. The highest BCUT2D eigenvalue weighted by Crippen LogP contribution is 2.27. The molecule has 0 radical (unpaired) electrons. The van der Waals surface area contributed by atoms with Gasteiger partial charge in [-0.1, -0.05) is 36.4 Å². The number of benzene rings is 2. The van der Waals surface area contributed by atoms with Crippen LogP contribution in [0, 0.1) is 0 Å². The van der Waals surface area contributed by atoms with Crippen LogP contribution in [0.3, 0.4) is 0 Å². The maximum absolute atomic E-state index is 5.65. The highest BCUT2D eigenvalue weighted by atomic mass is 16.3. The standard InChI is InChI=1S/C12H8O.C3H8N2/c1-3-7-11-9(5-1)10-6-2-4-8-12(10)13-11;1-2-4-5-3-1/h1-8H;4-5H,1-3H2. The summed E-state index contributed by atoms with van der Waals surface area (Å²) in [5.74, 6) is 0. The molecule has 0 atom stereocenters. The Hall–Kier alpha value is -1.84. The molecular weight excluding hydrogens is 224 g/mol. The first-order valence-electron chi connectivity index (χ1n) is 6.27. The third-order valence-electron chi connectivity index (χ3n) is 3.01. The van der Waals surface area contributed by atoms with E-state index in [1.807, 2.05) is 36.4 Å². The SMILES string of the molecule is C1CNNC1.c1ccc2c(c1)oc1ccccc12. The zero-order chi connectivity index (χ0) is 12.2. The number of fused-ring (bicyclic) bond motifs is 3. The lowest BCUT2D eigenvalue weighted by Gasteiger charge is -1.85. The molecule has 1 aliphatic rings. The van der Waals surface area contributed by atoms with Crippen LogP contribution < -0.4 is 10.9 Å². The Morgan fingerprint density at radius 2 is 1.22 bits per heavy atom. The lowest BCUT2D eigenvalue weighted by Crippen LogP contribution is -2.21. The minimum atomic E-state index is 0.962. The van der Waals surface area contributed by atoms with Crippen LogP contribution in [0.5, 0.6) is 0 Å². The molecule has 2 heterocycles. The van der Waals surface area contributed by atoms with Crippen molar-refractivity contribution in [1.82, 2.24) is 10.9 Å². The molecule has 1 aliphatic heterocycles.